The Morgan fingerprint density at radius 1 is 1.00 bits per heavy atom. The number of hydrogen-bond acceptors (Lipinski definition) is 4. The standard InChI is InChI=1S/C13H18N4/c1-5-9-10(13(3,4)6-2)17-12-11(16-9)14-7-8-15-12/h7-8H,5-6H2,1-4H3. The second-order valence-electron chi connectivity index (χ2n) is 4.81. The monoisotopic (exact) mass is 230 g/mol. The van der Waals surface area contributed by atoms with Crippen LogP contribution in [0.25, 0.3) is 11.3 Å². The van der Waals surface area contributed by atoms with Crippen molar-refractivity contribution in [1.29, 1.82) is 0 Å². The van der Waals surface area contributed by atoms with Crippen molar-refractivity contribution in [2.75, 3.05) is 0 Å². The van der Waals surface area contributed by atoms with E-state index in [1.807, 2.05) is 0 Å². The highest BCUT2D eigenvalue weighted by atomic mass is 15.0. The minimum absolute atomic E-state index is 0.0318. The molecule has 2 aromatic heterocycles. The molecule has 90 valence electrons. The predicted octanol–water partition coefficient (Wildman–Crippen LogP) is 2.67. The Morgan fingerprint density at radius 3 is 2.12 bits per heavy atom. The molecule has 17 heavy (non-hydrogen) atoms. The molecular weight excluding hydrogens is 212 g/mol. The van der Waals surface area contributed by atoms with E-state index in [-0.39, 0.29) is 5.41 Å². The second kappa shape index (κ2) is 4.35. The minimum atomic E-state index is 0.0318. The van der Waals surface area contributed by atoms with E-state index in [9.17, 15) is 0 Å². The van der Waals surface area contributed by atoms with Gasteiger partial charge in [0, 0.05) is 17.8 Å². The molecule has 0 unspecified atom stereocenters. The van der Waals surface area contributed by atoms with E-state index in [2.05, 4.69) is 47.6 Å². The summed E-state index contributed by atoms with van der Waals surface area (Å²) in [6.07, 6.45) is 5.21. The molecule has 0 aliphatic heterocycles. The molecule has 0 saturated carbocycles. The molecule has 0 aliphatic carbocycles. The van der Waals surface area contributed by atoms with Gasteiger partial charge in [0.1, 0.15) is 0 Å². The summed E-state index contributed by atoms with van der Waals surface area (Å²) in [5.41, 5.74) is 3.39. The Kier molecular flexibility index (Phi) is 3.05. The summed E-state index contributed by atoms with van der Waals surface area (Å²) in [6, 6.07) is 0. The van der Waals surface area contributed by atoms with Crippen LogP contribution in [0.3, 0.4) is 0 Å². The zero-order valence-corrected chi connectivity index (χ0v) is 10.9. The fraction of sp³-hybridized carbons (Fsp3) is 0.538. The van der Waals surface area contributed by atoms with Gasteiger partial charge in [0.2, 0.25) is 0 Å². The van der Waals surface area contributed by atoms with E-state index in [1.165, 1.54) is 0 Å². The molecular formula is C13H18N4. The van der Waals surface area contributed by atoms with Gasteiger partial charge in [-0.15, -0.1) is 0 Å². The summed E-state index contributed by atoms with van der Waals surface area (Å²) in [5, 5.41) is 0. The number of hydrogen-bond donors (Lipinski definition) is 0. The topological polar surface area (TPSA) is 51.6 Å². The summed E-state index contributed by atoms with van der Waals surface area (Å²) < 4.78 is 0. The highest BCUT2D eigenvalue weighted by Crippen LogP contribution is 2.28. The molecule has 0 fully saturated rings. The Bertz CT molecular complexity index is 534. The SMILES string of the molecule is CCc1nc2nccnc2nc1C(C)(C)CC. The van der Waals surface area contributed by atoms with Crippen LogP contribution in [0.1, 0.15) is 45.5 Å². The van der Waals surface area contributed by atoms with Crippen LogP contribution in [-0.4, -0.2) is 19.9 Å². The fourth-order valence-electron chi connectivity index (χ4n) is 1.79. The first-order valence-electron chi connectivity index (χ1n) is 6.06. The molecule has 2 aromatic rings. The molecule has 4 nitrogen and oxygen atoms in total. The number of aryl methyl sites for hydroxylation is 1. The Hall–Kier alpha value is -1.58. The van der Waals surface area contributed by atoms with Crippen LogP contribution in [0, 0.1) is 0 Å². The molecule has 0 aliphatic rings. The molecule has 0 N–H and O–H groups in total. The maximum Gasteiger partial charge on any atom is 0.198 e. The third-order valence-corrected chi connectivity index (χ3v) is 3.25. The molecule has 0 radical (unpaired) electrons. The van der Waals surface area contributed by atoms with Crippen molar-refractivity contribution in [1.82, 2.24) is 19.9 Å². The van der Waals surface area contributed by atoms with E-state index in [4.69, 9.17) is 0 Å². The Balaban J connectivity index is 2.69. The molecule has 0 atom stereocenters. The molecule has 0 aromatic carbocycles. The minimum Gasteiger partial charge on any atom is -0.232 e. The number of nitrogens with zero attached hydrogens (tertiary/aromatic N) is 4. The number of aromatic nitrogens is 4. The highest BCUT2D eigenvalue weighted by molar-refractivity contribution is 5.64. The Labute approximate surface area is 102 Å². The van der Waals surface area contributed by atoms with Gasteiger partial charge in [-0.2, -0.15) is 0 Å². The van der Waals surface area contributed by atoms with Crippen molar-refractivity contribution in [2.45, 2.75) is 46.0 Å². The lowest BCUT2D eigenvalue weighted by Gasteiger charge is -2.24. The normalized spacial score (nSPS) is 12.0. The van der Waals surface area contributed by atoms with E-state index in [0.717, 1.165) is 24.2 Å². The maximum absolute atomic E-state index is 4.65. The third kappa shape index (κ3) is 2.12. The molecule has 2 heterocycles. The van der Waals surface area contributed by atoms with Crippen LogP contribution in [-0.2, 0) is 11.8 Å². The van der Waals surface area contributed by atoms with Crippen LogP contribution in [0.2, 0.25) is 0 Å². The first-order chi connectivity index (χ1) is 8.08. The lowest BCUT2D eigenvalue weighted by molar-refractivity contribution is 0.483. The van der Waals surface area contributed by atoms with Crippen molar-refractivity contribution in [3.63, 3.8) is 0 Å². The zero-order chi connectivity index (χ0) is 12.5. The molecule has 4 heteroatoms. The van der Waals surface area contributed by atoms with E-state index >= 15 is 0 Å². The van der Waals surface area contributed by atoms with Crippen molar-refractivity contribution in [2.24, 2.45) is 0 Å². The summed E-state index contributed by atoms with van der Waals surface area (Å²) in [4.78, 5) is 17.7. The van der Waals surface area contributed by atoms with Crippen molar-refractivity contribution >= 4 is 11.3 Å². The van der Waals surface area contributed by atoms with Crippen LogP contribution >= 0.6 is 0 Å². The van der Waals surface area contributed by atoms with Crippen LogP contribution in [0.15, 0.2) is 12.4 Å². The average molecular weight is 230 g/mol. The lowest BCUT2D eigenvalue weighted by Crippen LogP contribution is -2.21. The van der Waals surface area contributed by atoms with Crippen molar-refractivity contribution < 1.29 is 0 Å². The van der Waals surface area contributed by atoms with Crippen LogP contribution < -0.4 is 0 Å². The second-order valence-corrected chi connectivity index (χ2v) is 4.81. The zero-order valence-electron chi connectivity index (χ0n) is 10.9. The van der Waals surface area contributed by atoms with Gasteiger partial charge in [-0.1, -0.05) is 27.7 Å². The van der Waals surface area contributed by atoms with E-state index in [1.54, 1.807) is 12.4 Å². The molecule has 2 rings (SSSR count). The van der Waals surface area contributed by atoms with Crippen LogP contribution in [0.5, 0.6) is 0 Å². The smallest absolute Gasteiger partial charge is 0.198 e. The third-order valence-electron chi connectivity index (χ3n) is 3.25. The fourth-order valence-corrected chi connectivity index (χ4v) is 1.79. The van der Waals surface area contributed by atoms with Gasteiger partial charge in [0.15, 0.2) is 11.3 Å². The largest absolute Gasteiger partial charge is 0.232 e. The lowest BCUT2D eigenvalue weighted by atomic mass is 9.84. The summed E-state index contributed by atoms with van der Waals surface area (Å²) >= 11 is 0. The van der Waals surface area contributed by atoms with E-state index < -0.39 is 0 Å². The van der Waals surface area contributed by atoms with Gasteiger partial charge >= 0.3 is 0 Å². The number of rotatable bonds is 3. The highest BCUT2D eigenvalue weighted by Gasteiger charge is 2.24. The average Bonchev–Trinajstić information content (AvgIpc) is 2.37. The molecule has 0 spiro atoms. The van der Waals surface area contributed by atoms with Gasteiger partial charge < -0.3 is 0 Å². The quantitative estimate of drug-likeness (QED) is 0.813. The summed E-state index contributed by atoms with van der Waals surface area (Å²) in [6.45, 7) is 8.65. The molecule has 0 amide bonds. The van der Waals surface area contributed by atoms with Crippen molar-refractivity contribution in [3.05, 3.63) is 23.8 Å². The van der Waals surface area contributed by atoms with E-state index in [0.29, 0.717) is 11.3 Å². The number of fused-ring (bicyclic) bond motifs is 1. The van der Waals surface area contributed by atoms with Crippen LogP contribution in [0.4, 0.5) is 0 Å². The predicted molar refractivity (Wildman–Crippen MR) is 67.8 cm³/mol. The van der Waals surface area contributed by atoms with Crippen molar-refractivity contribution in [3.8, 4) is 0 Å². The summed E-state index contributed by atoms with van der Waals surface area (Å²) in [5.74, 6) is 0. The summed E-state index contributed by atoms with van der Waals surface area (Å²) in [7, 11) is 0. The van der Waals surface area contributed by atoms with Gasteiger partial charge in [0.25, 0.3) is 0 Å². The Morgan fingerprint density at radius 2 is 1.59 bits per heavy atom. The van der Waals surface area contributed by atoms with Gasteiger partial charge in [-0.3, -0.25) is 0 Å². The maximum atomic E-state index is 4.65. The first-order valence-corrected chi connectivity index (χ1v) is 6.06. The molecule has 0 saturated heterocycles. The molecule has 0 bridgehead atoms. The van der Waals surface area contributed by atoms with Gasteiger partial charge in [-0.25, -0.2) is 19.9 Å². The van der Waals surface area contributed by atoms with Gasteiger partial charge in [0.05, 0.1) is 11.4 Å². The first kappa shape index (κ1) is 11.9. The van der Waals surface area contributed by atoms with Gasteiger partial charge in [-0.05, 0) is 12.8 Å².